The van der Waals surface area contributed by atoms with Gasteiger partial charge in [0.1, 0.15) is 5.82 Å². The number of carbonyl (C=O) groups excluding carboxylic acids is 1. The first-order valence-electron chi connectivity index (χ1n) is 8.81. The van der Waals surface area contributed by atoms with E-state index in [1.807, 2.05) is 0 Å². The van der Waals surface area contributed by atoms with Gasteiger partial charge in [0.25, 0.3) is 0 Å². The van der Waals surface area contributed by atoms with E-state index in [0.29, 0.717) is 19.5 Å². The summed E-state index contributed by atoms with van der Waals surface area (Å²) in [6, 6.07) is 14.5. The minimum absolute atomic E-state index is 0.0227. The van der Waals surface area contributed by atoms with Gasteiger partial charge in [-0.3, -0.25) is 4.79 Å². The molecule has 1 heterocycles. The minimum Gasteiger partial charge on any atom is -0.385 e. The zero-order valence-electron chi connectivity index (χ0n) is 14.3. The summed E-state index contributed by atoms with van der Waals surface area (Å²) in [4.78, 5) is 14.3. The molecule has 0 aliphatic carbocycles. The van der Waals surface area contributed by atoms with Gasteiger partial charge in [0.05, 0.1) is 0 Å². The summed E-state index contributed by atoms with van der Waals surface area (Å²) in [5.41, 5.74) is 3.18. The lowest BCUT2D eigenvalue weighted by Crippen LogP contribution is -2.24. The zero-order valence-corrected chi connectivity index (χ0v) is 14.3. The predicted molar refractivity (Wildman–Crippen MR) is 99.2 cm³/mol. The summed E-state index contributed by atoms with van der Waals surface area (Å²) < 4.78 is 12.8. The van der Waals surface area contributed by atoms with Crippen molar-refractivity contribution < 1.29 is 9.18 Å². The van der Waals surface area contributed by atoms with E-state index in [-0.39, 0.29) is 11.7 Å². The molecular formula is C20H24FN3O. The maximum Gasteiger partial charge on any atom is 0.222 e. The second kappa shape index (κ2) is 8.51. The maximum absolute atomic E-state index is 12.8. The molecule has 1 aliphatic rings. The quantitative estimate of drug-likeness (QED) is 0.809. The van der Waals surface area contributed by atoms with Crippen LogP contribution in [0, 0.1) is 5.82 Å². The molecule has 2 aromatic carbocycles. The molecule has 0 atom stereocenters. The summed E-state index contributed by atoms with van der Waals surface area (Å²) >= 11 is 0. The molecular weight excluding hydrogens is 317 g/mol. The Labute approximate surface area is 148 Å². The van der Waals surface area contributed by atoms with Crippen molar-refractivity contribution >= 4 is 17.3 Å². The summed E-state index contributed by atoms with van der Waals surface area (Å²) in [7, 11) is 0. The fourth-order valence-corrected chi connectivity index (χ4v) is 2.98. The van der Waals surface area contributed by atoms with Crippen molar-refractivity contribution in [3.8, 4) is 0 Å². The standard InChI is InChI=1S/C20H24FN3O/c21-17-5-3-16(4-6-17)15-23-20(25)11-12-22-18-7-9-19(10-8-18)24-13-1-2-14-24/h3-10,22H,1-2,11-15H2,(H,23,25). The monoisotopic (exact) mass is 341 g/mol. The summed E-state index contributed by atoms with van der Waals surface area (Å²) in [6.45, 7) is 3.28. The Morgan fingerprint density at radius 1 is 1.00 bits per heavy atom. The molecule has 1 aliphatic heterocycles. The third-order valence-corrected chi connectivity index (χ3v) is 4.42. The first-order chi connectivity index (χ1) is 12.2. The SMILES string of the molecule is O=C(CCNc1ccc(N2CCCC2)cc1)NCc1ccc(F)cc1. The fourth-order valence-electron chi connectivity index (χ4n) is 2.98. The Morgan fingerprint density at radius 3 is 2.36 bits per heavy atom. The van der Waals surface area contributed by atoms with Crippen LogP contribution in [0.1, 0.15) is 24.8 Å². The molecule has 3 rings (SSSR count). The van der Waals surface area contributed by atoms with E-state index in [1.165, 1.54) is 30.7 Å². The first-order valence-corrected chi connectivity index (χ1v) is 8.81. The topological polar surface area (TPSA) is 44.4 Å². The van der Waals surface area contributed by atoms with Gasteiger partial charge in [-0.1, -0.05) is 12.1 Å². The molecule has 0 aromatic heterocycles. The lowest BCUT2D eigenvalue weighted by atomic mass is 10.2. The summed E-state index contributed by atoms with van der Waals surface area (Å²) in [5.74, 6) is -0.291. The molecule has 0 unspecified atom stereocenters. The molecule has 1 amide bonds. The first kappa shape index (κ1) is 17.3. The Morgan fingerprint density at radius 2 is 1.68 bits per heavy atom. The van der Waals surface area contributed by atoms with Gasteiger partial charge in [-0.2, -0.15) is 0 Å². The molecule has 0 bridgehead atoms. The largest absolute Gasteiger partial charge is 0.385 e. The average Bonchev–Trinajstić information content (AvgIpc) is 3.16. The van der Waals surface area contributed by atoms with E-state index in [9.17, 15) is 9.18 Å². The van der Waals surface area contributed by atoms with Gasteiger partial charge in [0.2, 0.25) is 5.91 Å². The van der Waals surface area contributed by atoms with Crippen LogP contribution in [-0.2, 0) is 11.3 Å². The molecule has 2 N–H and O–H groups in total. The predicted octanol–water partition coefficient (Wildman–Crippen LogP) is 3.54. The number of rotatable bonds is 7. The summed E-state index contributed by atoms with van der Waals surface area (Å²) in [5, 5.41) is 6.11. The van der Waals surface area contributed by atoms with Crippen LogP contribution in [0.4, 0.5) is 15.8 Å². The van der Waals surface area contributed by atoms with Crippen molar-refractivity contribution in [2.75, 3.05) is 29.9 Å². The highest BCUT2D eigenvalue weighted by Gasteiger charge is 2.11. The zero-order chi connectivity index (χ0) is 17.5. The molecule has 2 aromatic rings. The lowest BCUT2D eigenvalue weighted by molar-refractivity contribution is -0.121. The Kier molecular flexibility index (Phi) is 5.88. The third-order valence-electron chi connectivity index (χ3n) is 4.42. The van der Waals surface area contributed by atoms with Gasteiger partial charge < -0.3 is 15.5 Å². The smallest absolute Gasteiger partial charge is 0.222 e. The average molecular weight is 341 g/mol. The van der Waals surface area contributed by atoms with Gasteiger partial charge in [-0.05, 0) is 54.8 Å². The van der Waals surface area contributed by atoms with E-state index < -0.39 is 0 Å². The van der Waals surface area contributed by atoms with Crippen molar-refractivity contribution in [2.45, 2.75) is 25.8 Å². The van der Waals surface area contributed by atoms with Crippen molar-refractivity contribution in [3.63, 3.8) is 0 Å². The number of nitrogens with zero attached hydrogens (tertiary/aromatic N) is 1. The number of benzene rings is 2. The highest BCUT2D eigenvalue weighted by molar-refractivity contribution is 5.76. The molecule has 1 saturated heterocycles. The molecule has 25 heavy (non-hydrogen) atoms. The van der Waals surface area contributed by atoms with Gasteiger partial charge in [0, 0.05) is 44.0 Å². The molecule has 0 spiro atoms. The molecule has 5 heteroatoms. The highest BCUT2D eigenvalue weighted by Crippen LogP contribution is 2.21. The Balaban J connectivity index is 1.37. The van der Waals surface area contributed by atoms with E-state index >= 15 is 0 Å². The number of hydrogen-bond donors (Lipinski definition) is 2. The van der Waals surface area contributed by atoms with Gasteiger partial charge in [0.15, 0.2) is 0 Å². The van der Waals surface area contributed by atoms with Crippen molar-refractivity contribution in [1.82, 2.24) is 5.32 Å². The van der Waals surface area contributed by atoms with Gasteiger partial charge >= 0.3 is 0 Å². The number of nitrogens with one attached hydrogen (secondary N) is 2. The lowest BCUT2D eigenvalue weighted by Gasteiger charge is -2.18. The minimum atomic E-state index is -0.268. The van der Waals surface area contributed by atoms with Gasteiger partial charge in [-0.25, -0.2) is 4.39 Å². The van der Waals surface area contributed by atoms with E-state index in [2.05, 4.69) is 39.8 Å². The van der Waals surface area contributed by atoms with Crippen LogP contribution in [0.5, 0.6) is 0 Å². The van der Waals surface area contributed by atoms with E-state index in [0.717, 1.165) is 24.3 Å². The van der Waals surface area contributed by atoms with Crippen LogP contribution in [0.15, 0.2) is 48.5 Å². The van der Waals surface area contributed by atoms with Crippen LogP contribution < -0.4 is 15.5 Å². The molecule has 1 fully saturated rings. The maximum atomic E-state index is 12.8. The van der Waals surface area contributed by atoms with Crippen molar-refractivity contribution in [2.24, 2.45) is 0 Å². The second-order valence-electron chi connectivity index (χ2n) is 6.32. The number of carbonyl (C=O) groups is 1. The van der Waals surface area contributed by atoms with Gasteiger partial charge in [-0.15, -0.1) is 0 Å². The van der Waals surface area contributed by atoms with Crippen LogP contribution in [0.25, 0.3) is 0 Å². The third kappa shape index (κ3) is 5.21. The van der Waals surface area contributed by atoms with Crippen LogP contribution in [0.3, 0.4) is 0 Å². The van der Waals surface area contributed by atoms with Crippen molar-refractivity contribution in [1.29, 1.82) is 0 Å². The second-order valence-corrected chi connectivity index (χ2v) is 6.32. The molecule has 0 saturated carbocycles. The molecule has 4 nitrogen and oxygen atoms in total. The number of halogens is 1. The van der Waals surface area contributed by atoms with Crippen molar-refractivity contribution in [3.05, 3.63) is 59.9 Å². The molecule has 132 valence electrons. The normalized spacial score (nSPS) is 13.7. The summed E-state index contributed by atoms with van der Waals surface area (Å²) in [6.07, 6.45) is 2.94. The van der Waals surface area contributed by atoms with Crippen LogP contribution in [-0.4, -0.2) is 25.5 Å². The fraction of sp³-hybridized carbons (Fsp3) is 0.350. The highest BCUT2D eigenvalue weighted by atomic mass is 19.1. The van der Waals surface area contributed by atoms with E-state index in [4.69, 9.17) is 0 Å². The number of anilines is 2. The molecule has 0 radical (unpaired) electrons. The van der Waals surface area contributed by atoms with Crippen LogP contribution in [0.2, 0.25) is 0 Å². The number of amides is 1. The van der Waals surface area contributed by atoms with Crippen LogP contribution >= 0.6 is 0 Å². The Hall–Kier alpha value is -2.56. The number of hydrogen-bond acceptors (Lipinski definition) is 3. The van der Waals surface area contributed by atoms with E-state index in [1.54, 1.807) is 12.1 Å². The Bertz CT molecular complexity index is 679.